The quantitative estimate of drug-likeness (QED) is 0.471. The average molecular weight is 183 g/mol. The van der Waals surface area contributed by atoms with Crippen molar-refractivity contribution in [1.82, 2.24) is 4.40 Å². The Balaban J connectivity index is 2.60. The summed E-state index contributed by atoms with van der Waals surface area (Å²) < 4.78 is 4.27. The van der Waals surface area contributed by atoms with E-state index in [0.29, 0.717) is 0 Å². The Labute approximate surface area is 82.0 Å². The molecule has 0 aliphatic heterocycles. The molecule has 0 saturated heterocycles. The lowest BCUT2D eigenvalue weighted by molar-refractivity contribution is -0.669. The summed E-state index contributed by atoms with van der Waals surface area (Å²) in [6.07, 6.45) is 4.21. The summed E-state index contributed by atoms with van der Waals surface area (Å²) in [6.45, 7) is 0. The van der Waals surface area contributed by atoms with Crippen LogP contribution in [0.4, 0.5) is 0 Å². The molecule has 0 saturated carbocycles. The fourth-order valence-electron chi connectivity index (χ4n) is 1.90. The first-order chi connectivity index (χ1) is 6.84. The van der Waals surface area contributed by atoms with Gasteiger partial charge in [-0.25, -0.2) is 4.57 Å². The second-order valence-corrected chi connectivity index (χ2v) is 3.60. The van der Waals surface area contributed by atoms with E-state index in [2.05, 4.69) is 57.9 Å². The molecular weight excluding hydrogens is 172 g/mol. The van der Waals surface area contributed by atoms with Gasteiger partial charge in [0, 0.05) is 5.39 Å². The highest BCUT2D eigenvalue weighted by atomic mass is 15.1. The van der Waals surface area contributed by atoms with Gasteiger partial charge >= 0.3 is 0 Å². The first-order valence-electron chi connectivity index (χ1n) is 4.70. The second kappa shape index (κ2) is 2.58. The van der Waals surface area contributed by atoms with Crippen LogP contribution in [0.25, 0.3) is 16.4 Å². The molecule has 0 amide bonds. The molecule has 0 spiro atoms. The summed E-state index contributed by atoms with van der Waals surface area (Å²) in [5.41, 5.74) is 2.48. The third kappa shape index (κ3) is 0.940. The number of rotatable bonds is 0. The number of aryl methyl sites for hydroxylation is 1. The molecule has 3 aromatic rings. The predicted octanol–water partition coefficient (Wildman–Crippen LogP) is 1.92. The summed E-state index contributed by atoms with van der Waals surface area (Å²) in [7, 11) is 2.04. The van der Waals surface area contributed by atoms with Crippen molar-refractivity contribution in [3.05, 3.63) is 48.9 Å². The van der Waals surface area contributed by atoms with Crippen LogP contribution in [-0.4, -0.2) is 4.40 Å². The molecule has 0 radical (unpaired) electrons. The maximum atomic E-state index is 2.20. The maximum absolute atomic E-state index is 2.20. The Hall–Kier alpha value is -1.83. The van der Waals surface area contributed by atoms with Gasteiger partial charge in [0.2, 0.25) is 6.33 Å². The number of pyridine rings is 1. The maximum Gasteiger partial charge on any atom is 0.249 e. The standard InChI is InChI=1S/C12H11N2/c1-13-8-11-7-6-10-4-2-3-5-12(10)14(11)9-13/h2-9H,1H3/q+1. The van der Waals surface area contributed by atoms with E-state index in [0.717, 1.165) is 0 Å². The van der Waals surface area contributed by atoms with Gasteiger partial charge in [-0.1, -0.05) is 18.2 Å². The number of aromatic nitrogens is 2. The van der Waals surface area contributed by atoms with Crippen LogP contribution in [0.5, 0.6) is 0 Å². The monoisotopic (exact) mass is 183 g/mol. The van der Waals surface area contributed by atoms with Gasteiger partial charge in [0.15, 0.2) is 5.52 Å². The largest absolute Gasteiger partial charge is 0.249 e. The third-order valence-corrected chi connectivity index (χ3v) is 2.54. The summed E-state index contributed by atoms with van der Waals surface area (Å²) in [6, 6.07) is 12.7. The van der Waals surface area contributed by atoms with Crippen molar-refractivity contribution in [2.24, 2.45) is 7.05 Å². The Kier molecular flexibility index (Phi) is 1.39. The molecule has 0 fully saturated rings. The van der Waals surface area contributed by atoms with Gasteiger partial charge < -0.3 is 0 Å². The van der Waals surface area contributed by atoms with E-state index >= 15 is 0 Å². The lowest BCUT2D eigenvalue weighted by atomic mass is 10.2. The highest BCUT2D eigenvalue weighted by molar-refractivity contribution is 5.82. The zero-order valence-electron chi connectivity index (χ0n) is 8.01. The van der Waals surface area contributed by atoms with Crippen molar-refractivity contribution < 1.29 is 4.57 Å². The van der Waals surface area contributed by atoms with Crippen LogP contribution >= 0.6 is 0 Å². The van der Waals surface area contributed by atoms with Crippen LogP contribution in [0.15, 0.2) is 48.9 Å². The van der Waals surface area contributed by atoms with Crippen LogP contribution in [0.3, 0.4) is 0 Å². The van der Waals surface area contributed by atoms with E-state index in [-0.39, 0.29) is 0 Å². The molecule has 1 aromatic carbocycles. The Morgan fingerprint density at radius 1 is 1.07 bits per heavy atom. The first kappa shape index (κ1) is 7.56. The van der Waals surface area contributed by atoms with Crippen molar-refractivity contribution in [3.8, 4) is 0 Å². The number of para-hydroxylation sites is 1. The number of benzene rings is 1. The van der Waals surface area contributed by atoms with E-state index in [1.807, 2.05) is 7.05 Å². The molecule has 0 aliphatic carbocycles. The zero-order valence-corrected chi connectivity index (χ0v) is 8.01. The normalized spacial score (nSPS) is 11.2. The van der Waals surface area contributed by atoms with Crippen LogP contribution in [0.1, 0.15) is 0 Å². The Morgan fingerprint density at radius 2 is 1.93 bits per heavy atom. The average Bonchev–Trinajstić information content (AvgIpc) is 2.59. The van der Waals surface area contributed by atoms with Gasteiger partial charge in [-0.3, -0.25) is 0 Å². The van der Waals surface area contributed by atoms with Crippen LogP contribution in [0.2, 0.25) is 0 Å². The van der Waals surface area contributed by atoms with Gasteiger partial charge in [-0.15, -0.1) is 0 Å². The van der Waals surface area contributed by atoms with Crippen LogP contribution in [0, 0.1) is 0 Å². The van der Waals surface area contributed by atoms with Crippen molar-refractivity contribution in [2.75, 3.05) is 0 Å². The Bertz CT molecular complexity index is 608. The predicted molar refractivity (Wildman–Crippen MR) is 56.1 cm³/mol. The summed E-state index contributed by atoms with van der Waals surface area (Å²) >= 11 is 0. The molecule has 0 aliphatic rings. The van der Waals surface area contributed by atoms with Crippen molar-refractivity contribution in [2.45, 2.75) is 0 Å². The molecule has 2 aromatic heterocycles. The first-order valence-corrected chi connectivity index (χ1v) is 4.70. The molecule has 0 bridgehead atoms. The number of hydrogen-bond acceptors (Lipinski definition) is 0. The lowest BCUT2D eigenvalue weighted by Crippen LogP contribution is -2.23. The molecule has 0 unspecified atom stereocenters. The number of imidazole rings is 1. The summed E-state index contributed by atoms with van der Waals surface area (Å²) in [5, 5.41) is 1.27. The molecular formula is C12H11N2+. The minimum atomic E-state index is 1.23. The second-order valence-electron chi connectivity index (χ2n) is 3.60. The highest BCUT2D eigenvalue weighted by Gasteiger charge is 2.06. The van der Waals surface area contributed by atoms with E-state index in [1.165, 1.54) is 16.4 Å². The van der Waals surface area contributed by atoms with E-state index in [1.54, 1.807) is 0 Å². The van der Waals surface area contributed by atoms with Crippen LogP contribution in [-0.2, 0) is 7.05 Å². The number of nitrogens with zero attached hydrogens (tertiary/aromatic N) is 2. The minimum absolute atomic E-state index is 1.23. The summed E-state index contributed by atoms with van der Waals surface area (Å²) in [4.78, 5) is 0. The fraction of sp³-hybridized carbons (Fsp3) is 0.0833. The SMILES string of the molecule is C[n+]1cc2ccc3ccccc3n2c1. The molecule has 2 heteroatoms. The molecule has 68 valence electrons. The number of fused-ring (bicyclic) bond motifs is 3. The molecule has 14 heavy (non-hydrogen) atoms. The van der Waals surface area contributed by atoms with E-state index in [9.17, 15) is 0 Å². The topological polar surface area (TPSA) is 8.29 Å². The van der Waals surface area contributed by atoms with Crippen molar-refractivity contribution >= 4 is 16.4 Å². The minimum Gasteiger partial charge on any atom is -0.239 e. The molecule has 0 N–H and O–H groups in total. The number of hydrogen-bond donors (Lipinski definition) is 0. The highest BCUT2D eigenvalue weighted by Crippen LogP contribution is 2.15. The van der Waals surface area contributed by atoms with Crippen LogP contribution < -0.4 is 4.57 Å². The smallest absolute Gasteiger partial charge is 0.239 e. The van der Waals surface area contributed by atoms with E-state index in [4.69, 9.17) is 0 Å². The zero-order chi connectivity index (χ0) is 9.54. The van der Waals surface area contributed by atoms with Gasteiger partial charge in [-0.2, -0.15) is 4.40 Å². The fourth-order valence-corrected chi connectivity index (χ4v) is 1.90. The van der Waals surface area contributed by atoms with Gasteiger partial charge in [0.25, 0.3) is 0 Å². The summed E-state index contributed by atoms with van der Waals surface area (Å²) in [5.74, 6) is 0. The van der Waals surface area contributed by atoms with Crippen molar-refractivity contribution in [3.63, 3.8) is 0 Å². The molecule has 2 heterocycles. The van der Waals surface area contributed by atoms with Gasteiger partial charge in [0.1, 0.15) is 11.7 Å². The van der Waals surface area contributed by atoms with Crippen molar-refractivity contribution in [1.29, 1.82) is 0 Å². The third-order valence-electron chi connectivity index (χ3n) is 2.54. The Morgan fingerprint density at radius 3 is 2.86 bits per heavy atom. The van der Waals surface area contributed by atoms with Gasteiger partial charge in [0.05, 0.1) is 7.05 Å². The molecule has 3 rings (SSSR count). The molecule has 0 atom stereocenters. The van der Waals surface area contributed by atoms with Gasteiger partial charge in [-0.05, 0) is 18.2 Å². The van der Waals surface area contributed by atoms with E-state index < -0.39 is 0 Å². The lowest BCUT2D eigenvalue weighted by Gasteiger charge is -1.94. The molecule has 2 nitrogen and oxygen atoms in total.